The molecule has 1 aromatic rings. The highest BCUT2D eigenvalue weighted by molar-refractivity contribution is 5.32. The molecule has 3 heteroatoms. The summed E-state index contributed by atoms with van der Waals surface area (Å²) in [6.07, 6.45) is 6.39. The molecule has 2 atom stereocenters. The quantitative estimate of drug-likeness (QED) is 0.917. The molecule has 0 amide bonds. The van der Waals surface area contributed by atoms with Crippen LogP contribution in [0, 0.1) is 12.8 Å². The molecule has 3 rings (SSSR count). The van der Waals surface area contributed by atoms with E-state index in [1.54, 1.807) is 0 Å². The predicted molar refractivity (Wildman–Crippen MR) is 83.9 cm³/mol. The van der Waals surface area contributed by atoms with Gasteiger partial charge in [0.1, 0.15) is 0 Å². The van der Waals surface area contributed by atoms with Crippen molar-refractivity contribution in [2.75, 3.05) is 19.6 Å². The second kappa shape index (κ2) is 5.90. The van der Waals surface area contributed by atoms with E-state index >= 15 is 0 Å². The number of nitrogens with two attached hydrogens (primary N) is 1. The molecule has 2 unspecified atom stereocenters. The van der Waals surface area contributed by atoms with Gasteiger partial charge in [0.2, 0.25) is 0 Å². The van der Waals surface area contributed by atoms with E-state index in [1.807, 2.05) is 0 Å². The first-order chi connectivity index (χ1) is 9.65. The first kappa shape index (κ1) is 14.2. The fourth-order valence-electron chi connectivity index (χ4n) is 4.03. The minimum atomic E-state index is 0.271. The van der Waals surface area contributed by atoms with E-state index in [0.717, 1.165) is 18.9 Å². The molecule has 0 saturated carbocycles. The highest BCUT2D eigenvalue weighted by Gasteiger charge is 2.23. The summed E-state index contributed by atoms with van der Waals surface area (Å²) in [5.74, 6) is 0.724. The van der Waals surface area contributed by atoms with Crippen LogP contribution in [0.3, 0.4) is 0 Å². The lowest BCUT2D eigenvalue weighted by Gasteiger charge is -2.25. The normalized spacial score (nSPS) is 24.9. The summed E-state index contributed by atoms with van der Waals surface area (Å²) >= 11 is 0. The zero-order chi connectivity index (χ0) is 14.1. The van der Waals surface area contributed by atoms with Crippen molar-refractivity contribution in [1.29, 1.82) is 0 Å². The third-order valence-corrected chi connectivity index (χ3v) is 5.04. The maximum atomic E-state index is 6.27. The van der Waals surface area contributed by atoms with Gasteiger partial charge in [-0.1, -0.05) is 6.92 Å². The molecule has 1 aliphatic heterocycles. The molecule has 3 nitrogen and oxygen atoms in total. The number of likely N-dealkylation sites (tertiary alicyclic amines) is 1. The molecule has 1 fully saturated rings. The molecule has 0 aromatic carbocycles. The Morgan fingerprint density at radius 1 is 1.25 bits per heavy atom. The largest absolute Gasteiger partial charge is 0.348 e. The lowest BCUT2D eigenvalue weighted by atomic mass is 9.93. The Labute approximate surface area is 123 Å². The minimum Gasteiger partial charge on any atom is -0.348 e. The first-order valence-corrected chi connectivity index (χ1v) is 8.32. The zero-order valence-corrected chi connectivity index (χ0v) is 13.1. The summed E-state index contributed by atoms with van der Waals surface area (Å²) < 4.78 is 2.55. The molecule has 0 bridgehead atoms. The minimum absolute atomic E-state index is 0.271. The van der Waals surface area contributed by atoms with Crippen LogP contribution in [-0.4, -0.2) is 29.1 Å². The second-order valence-electron chi connectivity index (χ2n) is 6.91. The second-order valence-corrected chi connectivity index (χ2v) is 6.91. The van der Waals surface area contributed by atoms with Gasteiger partial charge in [0, 0.05) is 30.5 Å². The lowest BCUT2D eigenvalue weighted by molar-refractivity contribution is 0.269. The number of fused-ring (bicyclic) bond motifs is 1. The van der Waals surface area contributed by atoms with Crippen molar-refractivity contribution in [1.82, 2.24) is 9.47 Å². The van der Waals surface area contributed by atoms with Crippen molar-refractivity contribution in [3.05, 3.63) is 23.0 Å². The zero-order valence-electron chi connectivity index (χ0n) is 13.1. The van der Waals surface area contributed by atoms with Crippen LogP contribution in [-0.2, 0) is 13.0 Å². The number of aryl methyl sites for hydroxylation is 1. The third-order valence-electron chi connectivity index (χ3n) is 5.04. The standard InChI is InChI=1S/C17H29N3/c1-13(11-19-8-3-4-9-19)12-20-14(2)10-15-16(18)6-5-7-17(15)20/h10,13,16H,3-9,11-12,18H2,1-2H3. The number of hydrogen-bond donors (Lipinski definition) is 1. The Morgan fingerprint density at radius 2 is 2.00 bits per heavy atom. The van der Waals surface area contributed by atoms with E-state index in [0.29, 0.717) is 0 Å². The van der Waals surface area contributed by atoms with Crippen molar-refractivity contribution >= 4 is 0 Å². The van der Waals surface area contributed by atoms with Crippen LogP contribution < -0.4 is 5.73 Å². The van der Waals surface area contributed by atoms with Crippen LogP contribution in [0.4, 0.5) is 0 Å². The Kier molecular flexibility index (Phi) is 4.18. The third kappa shape index (κ3) is 2.79. The van der Waals surface area contributed by atoms with Crippen LogP contribution in [0.5, 0.6) is 0 Å². The van der Waals surface area contributed by atoms with Crippen molar-refractivity contribution in [2.45, 2.75) is 58.5 Å². The summed E-state index contributed by atoms with van der Waals surface area (Å²) in [5.41, 5.74) is 10.6. The molecule has 1 aromatic heterocycles. The topological polar surface area (TPSA) is 34.2 Å². The van der Waals surface area contributed by atoms with Gasteiger partial charge in [-0.2, -0.15) is 0 Å². The maximum absolute atomic E-state index is 6.27. The maximum Gasteiger partial charge on any atom is 0.0313 e. The van der Waals surface area contributed by atoms with Crippen LogP contribution in [0.1, 0.15) is 55.6 Å². The Hall–Kier alpha value is -0.800. The van der Waals surface area contributed by atoms with Crippen molar-refractivity contribution < 1.29 is 0 Å². The molecule has 0 spiro atoms. The summed E-state index contributed by atoms with van der Waals surface area (Å²) in [4.78, 5) is 2.63. The molecule has 20 heavy (non-hydrogen) atoms. The number of rotatable bonds is 4. The molecule has 2 aliphatic rings. The van der Waals surface area contributed by atoms with E-state index in [2.05, 4.69) is 29.4 Å². The van der Waals surface area contributed by atoms with Crippen LogP contribution in [0.15, 0.2) is 6.07 Å². The predicted octanol–water partition coefficient (Wildman–Crippen LogP) is 2.86. The van der Waals surface area contributed by atoms with Crippen molar-refractivity contribution in [3.63, 3.8) is 0 Å². The fourth-order valence-corrected chi connectivity index (χ4v) is 4.03. The van der Waals surface area contributed by atoms with Gasteiger partial charge in [-0.3, -0.25) is 0 Å². The van der Waals surface area contributed by atoms with Crippen molar-refractivity contribution in [3.8, 4) is 0 Å². The summed E-state index contributed by atoms with van der Waals surface area (Å²) in [5, 5.41) is 0. The van der Waals surface area contributed by atoms with Crippen molar-refractivity contribution in [2.24, 2.45) is 11.7 Å². The molecular formula is C17H29N3. The Balaban J connectivity index is 1.70. The highest BCUT2D eigenvalue weighted by atomic mass is 15.1. The van der Waals surface area contributed by atoms with Gasteiger partial charge in [-0.25, -0.2) is 0 Å². The highest BCUT2D eigenvalue weighted by Crippen LogP contribution is 2.31. The van der Waals surface area contributed by atoms with Crippen LogP contribution in [0.25, 0.3) is 0 Å². The number of aromatic nitrogens is 1. The number of nitrogens with zero attached hydrogens (tertiary/aromatic N) is 2. The summed E-state index contributed by atoms with van der Waals surface area (Å²) in [6.45, 7) is 9.65. The van der Waals surface area contributed by atoms with Gasteiger partial charge in [0.15, 0.2) is 0 Å². The average molecular weight is 275 g/mol. The summed E-state index contributed by atoms with van der Waals surface area (Å²) in [7, 11) is 0. The van der Waals surface area contributed by atoms with Gasteiger partial charge in [0.25, 0.3) is 0 Å². The van der Waals surface area contributed by atoms with Gasteiger partial charge in [-0.05, 0) is 69.7 Å². The van der Waals surface area contributed by atoms with Gasteiger partial charge >= 0.3 is 0 Å². The van der Waals surface area contributed by atoms with E-state index < -0.39 is 0 Å². The molecule has 2 N–H and O–H groups in total. The van der Waals surface area contributed by atoms with E-state index in [1.165, 1.54) is 62.3 Å². The Bertz CT molecular complexity index is 457. The molecule has 112 valence electrons. The van der Waals surface area contributed by atoms with E-state index in [9.17, 15) is 0 Å². The van der Waals surface area contributed by atoms with Crippen LogP contribution in [0.2, 0.25) is 0 Å². The Morgan fingerprint density at radius 3 is 2.75 bits per heavy atom. The van der Waals surface area contributed by atoms with Gasteiger partial charge < -0.3 is 15.2 Å². The SMILES string of the molecule is Cc1cc2c(n1CC(C)CN1CCCC1)CCCC2N. The fraction of sp³-hybridized carbons (Fsp3) is 0.765. The molecule has 1 aliphatic carbocycles. The summed E-state index contributed by atoms with van der Waals surface area (Å²) in [6, 6.07) is 2.61. The van der Waals surface area contributed by atoms with E-state index in [-0.39, 0.29) is 6.04 Å². The molecule has 2 heterocycles. The van der Waals surface area contributed by atoms with Gasteiger partial charge in [0.05, 0.1) is 0 Å². The first-order valence-electron chi connectivity index (χ1n) is 8.32. The van der Waals surface area contributed by atoms with Gasteiger partial charge in [-0.15, -0.1) is 0 Å². The lowest BCUT2D eigenvalue weighted by Crippen LogP contribution is -2.28. The van der Waals surface area contributed by atoms with E-state index in [4.69, 9.17) is 5.73 Å². The molecule has 1 saturated heterocycles. The van der Waals surface area contributed by atoms with Crippen LogP contribution >= 0.6 is 0 Å². The monoisotopic (exact) mass is 275 g/mol. The molecular weight excluding hydrogens is 246 g/mol. The number of hydrogen-bond acceptors (Lipinski definition) is 2. The smallest absolute Gasteiger partial charge is 0.0313 e. The molecule has 0 radical (unpaired) electrons. The average Bonchev–Trinajstić information content (AvgIpc) is 3.01.